The van der Waals surface area contributed by atoms with Crippen LogP contribution in [-0.4, -0.2) is 20.6 Å². The van der Waals surface area contributed by atoms with Crippen molar-refractivity contribution in [3.05, 3.63) is 29.8 Å². The van der Waals surface area contributed by atoms with Crippen LogP contribution in [0, 0.1) is 6.92 Å². The van der Waals surface area contributed by atoms with Gasteiger partial charge < -0.3 is 0 Å². The highest BCUT2D eigenvalue weighted by Gasteiger charge is 1.98. The summed E-state index contributed by atoms with van der Waals surface area (Å²) in [6.07, 6.45) is 0. The van der Waals surface area contributed by atoms with Crippen molar-refractivity contribution in [1.29, 1.82) is 0 Å². The minimum absolute atomic E-state index is 0. The second-order valence-corrected chi connectivity index (χ2v) is 2.62. The largest absolute Gasteiger partial charge is 0.239 e. The lowest BCUT2D eigenvalue weighted by molar-refractivity contribution is 0.881. The number of nitrogens with zero attached hydrogens (tertiary/aromatic N) is 3. The third kappa shape index (κ3) is 2.03. The molecule has 1 N–H and O–H groups in total. The van der Waals surface area contributed by atoms with Crippen LogP contribution < -0.4 is 0 Å². The molecule has 68 valence electrons. The van der Waals surface area contributed by atoms with Gasteiger partial charge in [0.05, 0.1) is 0 Å². The van der Waals surface area contributed by atoms with Crippen molar-refractivity contribution in [2.24, 2.45) is 0 Å². The van der Waals surface area contributed by atoms with Crippen LogP contribution in [0.2, 0.25) is 0 Å². The van der Waals surface area contributed by atoms with Crippen LogP contribution in [0.15, 0.2) is 24.3 Å². The summed E-state index contributed by atoms with van der Waals surface area (Å²) in [5, 5.41) is 13.5. The molecule has 0 fully saturated rings. The van der Waals surface area contributed by atoms with Crippen LogP contribution in [0.5, 0.6) is 0 Å². The Morgan fingerprint density at radius 1 is 1.15 bits per heavy atom. The van der Waals surface area contributed by atoms with Gasteiger partial charge in [-0.3, -0.25) is 0 Å². The number of benzene rings is 1. The van der Waals surface area contributed by atoms with E-state index in [9.17, 15) is 0 Å². The molecule has 1 heterocycles. The normalized spacial score (nSPS) is 9.31. The van der Waals surface area contributed by atoms with Gasteiger partial charge in [-0.2, -0.15) is 0 Å². The van der Waals surface area contributed by atoms with Crippen LogP contribution in [0.25, 0.3) is 11.4 Å². The van der Waals surface area contributed by atoms with Gasteiger partial charge in [0, 0.05) is 5.56 Å². The summed E-state index contributed by atoms with van der Waals surface area (Å²) in [5.41, 5.74) is 2.23. The molecule has 0 bridgehead atoms. The summed E-state index contributed by atoms with van der Waals surface area (Å²) >= 11 is 0. The highest BCUT2D eigenvalue weighted by atomic mass is 35.5. The first kappa shape index (κ1) is 9.67. The molecule has 0 saturated carbocycles. The fraction of sp³-hybridized carbons (Fsp3) is 0.125. The van der Waals surface area contributed by atoms with E-state index in [4.69, 9.17) is 0 Å². The smallest absolute Gasteiger partial charge is 0.179 e. The van der Waals surface area contributed by atoms with E-state index in [2.05, 4.69) is 20.6 Å². The lowest BCUT2D eigenvalue weighted by Gasteiger charge is -1.94. The SMILES string of the molecule is Cc1ccc(-c2nnn[nH]2)cc1.Cl. The summed E-state index contributed by atoms with van der Waals surface area (Å²) in [6, 6.07) is 8.02. The molecule has 4 nitrogen and oxygen atoms in total. The third-order valence-corrected chi connectivity index (χ3v) is 1.67. The van der Waals surface area contributed by atoms with E-state index in [0.717, 1.165) is 5.56 Å². The average molecular weight is 197 g/mol. The Morgan fingerprint density at radius 2 is 1.85 bits per heavy atom. The monoisotopic (exact) mass is 196 g/mol. The fourth-order valence-corrected chi connectivity index (χ4v) is 0.993. The second-order valence-electron chi connectivity index (χ2n) is 2.62. The summed E-state index contributed by atoms with van der Waals surface area (Å²) in [4.78, 5) is 0. The average Bonchev–Trinajstić information content (AvgIpc) is 2.58. The third-order valence-electron chi connectivity index (χ3n) is 1.67. The van der Waals surface area contributed by atoms with E-state index in [0.29, 0.717) is 5.82 Å². The van der Waals surface area contributed by atoms with Gasteiger partial charge in [-0.1, -0.05) is 29.8 Å². The molecule has 0 unspecified atom stereocenters. The number of aromatic amines is 1. The molecule has 0 amide bonds. The number of aromatic nitrogens is 4. The van der Waals surface area contributed by atoms with Gasteiger partial charge in [0.25, 0.3) is 0 Å². The van der Waals surface area contributed by atoms with Crippen molar-refractivity contribution in [2.45, 2.75) is 6.92 Å². The molecule has 0 aliphatic rings. The maximum absolute atomic E-state index is 3.80. The zero-order valence-corrected chi connectivity index (χ0v) is 7.88. The van der Waals surface area contributed by atoms with E-state index in [-0.39, 0.29) is 12.4 Å². The maximum Gasteiger partial charge on any atom is 0.179 e. The van der Waals surface area contributed by atoms with Gasteiger partial charge in [-0.25, -0.2) is 5.10 Å². The molecule has 0 atom stereocenters. The van der Waals surface area contributed by atoms with Crippen LogP contribution in [-0.2, 0) is 0 Å². The molecule has 13 heavy (non-hydrogen) atoms. The molecule has 1 aromatic heterocycles. The van der Waals surface area contributed by atoms with Crippen molar-refractivity contribution >= 4 is 12.4 Å². The molecule has 1 aromatic carbocycles. The predicted molar refractivity (Wildman–Crippen MR) is 51.6 cm³/mol. The van der Waals surface area contributed by atoms with Crippen molar-refractivity contribution in [3.63, 3.8) is 0 Å². The van der Waals surface area contributed by atoms with Crippen LogP contribution in [0.1, 0.15) is 5.56 Å². The minimum atomic E-state index is 0. The Labute approximate surface area is 81.8 Å². The lowest BCUT2D eigenvalue weighted by atomic mass is 10.1. The fourth-order valence-electron chi connectivity index (χ4n) is 0.993. The summed E-state index contributed by atoms with van der Waals surface area (Å²) in [5.74, 6) is 0.704. The van der Waals surface area contributed by atoms with Gasteiger partial charge >= 0.3 is 0 Å². The van der Waals surface area contributed by atoms with Gasteiger partial charge in [-0.15, -0.1) is 17.5 Å². The highest BCUT2D eigenvalue weighted by molar-refractivity contribution is 5.85. The van der Waals surface area contributed by atoms with E-state index in [1.807, 2.05) is 31.2 Å². The Morgan fingerprint density at radius 3 is 2.38 bits per heavy atom. The van der Waals surface area contributed by atoms with Crippen molar-refractivity contribution < 1.29 is 0 Å². The van der Waals surface area contributed by atoms with E-state index < -0.39 is 0 Å². The molecule has 2 rings (SSSR count). The van der Waals surface area contributed by atoms with E-state index >= 15 is 0 Å². The number of hydrogen-bond acceptors (Lipinski definition) is 3. The van der Waals surface area contributed by atoms with Crippen LogP contribution in [0.3, 0.4) is 0 Å². The summed E-state index contributed by atoms with van der Waals surface area (Å²) < 4.78 is 0. The lowest BCUT2D eigenvalue weighted by Crippen LogP contribution is -1.80. The van der Waals surface area contributed by atoms with Crippen LogP contribution in [0.4, 0.5) is 0 Å². The molecular formula is C8H9ClN4. The van der Waals surface area contributed by atoms with E-state index in [1.54, 1.807) is 0 Å². The van der Waals surface area contributed by atoms with Gasteiger partial charge in [0.1, 0.15) is 0 Å². The molecule has 2 aromatic rings. The second kappa shape index (κ2) is 4.00. The highest BCUT2D eigenvalue weighted by Crippen LogP contribution is 2.12. The first-order chi connectivity index (χ1) is 5.86. The predicted octanol–water partition coefficient (Wildman–Crippen LogP) is 1.60. The number of halogens is 1. The summed E-state index contributed by atoms with van der Waals surface area (Å²) in [6.45, 7) is 2.04. The topological polar surface area (TPSA) is 54.5 Å². The molecule has 0 radical (unpaired) electrons. The van der Waals surface area contributed by atoms with Crippen molar-refractivity contribution in [1.82, 2.24) is 20.6 Å². The molecular weight excluding hydrogens is 188 g/mol. The number of aryl methyl sites for hydroxylation is 1. The van der Waals surface area contributed by atoms with Crippen molar-refractivity contribution in [2.75, 3.05) is 0 Å². The van der Waals surface area contributed by atoms with Gasteiger partial charge in [-0.05, 0) is 17.4 Å². The summed E-state index contributed by atoms with van der Waals surface area (Å²) in [7, 11) is 0. The quantitative estimate of drug-likeness (QED) is 0.754. The molecule has 5 heteroatoms. The molecule has 0 spiro atoms. The van der Waals surface area contributed by atoms with Crippen LogP contribution >= 0.6 is 12.4 Å². The Balaban J connectivity index is 0.000000845. The van der Waals surface area contributed by atoms with Gasteiger partial charge in [0.15, 0.2) is 5.82 Å². The Kier molecular flexibility index (Phi) is 2.97. The van der Waals surface area contributed by atoms with E-state index in [1.165, 1.54) is 5.56 Å². The Bertz CT molecular complexity index is 354. The first-order valence-electron chi connectivity index (χ1n) is 3.67. The molecule has 0 saturated heterocycles. The standard InChI is InChI=1S/C8H8N4.ClH/c1-6-2-4-7(5-3-6)8-9-11-12-10-8;/h2-5H,1H3,(H,9,10,11,12);1H. The Hall–Kier alpha value is -1.42. The number of tetrazole rings is 1. The zero-order chi connectivity index (χ0) is 8.39. The number of H-pyrrole nitrogens is 1. The number of rotatable bonds is 1. The van der Waals surface area contributed by atoms with Gasteiger partial charge in [0.2, 0.25) is 0 Å². The number of hydrogen-bond donors (Lipinski definition) is 1. The molecule has 0 aliphatic carbocycles. The first-order valence-corrected chi connectivity index (χ1v) is 3.67. The minimum Gasteiger partial charge on any atom is -0.239 e. The number of nitrogens with one attached hydrogen (secondary N) is 1. The maximum atomic E-state index is 3.80. The van der Waals surface area contributed by atoms with Crippen molar-refractivity contribution in [3.8, 4) is 11.4 Å². The zero-order valence-electron chi connectivity index (χ0n) is 7.06. The molecule has 0 aliphatic heterocycles.